The lowest BCUT2D eigenvalue weighted by Crippen LogP contribution is -2.44. The molecular weight excluding hydrogens is 232 g/mol. The van der Waals surface area contributed by atoms with Crippen LogP contribution in [-0.2, 0) is 6.54 Å². The zero-order chi connectivity index (χ0) is 12.7. The molecule has 1 N–H and O–H groups in total. The van der Waals surface area contributed by atoms with Crippen molar-refractivity contribution in [3.05, 3.63) is 35.4 Å². The van der Waals surface area contributed by atoms with E-state index in [9.17, 15) is 0 Å². The van der Waals surface area contributed by atoms with E-state index in [-0.39, 0.29) is 0 Å². The van der Waals surface area contributed by atoms with Gasteiger partial charge >= 0.3 is 0 Å². The molecular formula is C17H24N2. The van der Waals surface area contributed by atoms with Crippen molar-refractivity contribution in [1.29, 1.82) is 0 Å². The molecule has 1 saturated heterocycles. The Morgan fingerprint density at radius 2 is 1.95 bits per heavy atom. The first kappa shape index (κ1) is 11.9. The van der Waals surface area contributed by atoms with E-state index in [0.29, 0.717) is 6.04 Å². The summed E-state index contributed by atoms with van der Waals surface area (Å²) < 4.78 is 0. The average molecular weight is 256 g/mol. The quantitative estimate of drug-likeness (QED) is 0.830. The molecule has 2 aliphatic heterocycles. The minimum Gasteiger partial charge on any atom is -0.311 e. The maximum absolute atomic E-state index is 3.62. The highest BCUT2D eigenvalue weighted by atomic mass is 15.2. The molecule has 1 aromatic rings. The van der Waals surface area contributed by atoms with Crippen molar-refractivity contribution in [1.82, 2.24) is 10.2 Å². The first-order valence-corrected chi connectivity index (χ1v) is 7.98. The first-order chi connectivity index (χ1) is 9.43. The SMILES string of the molecule is c1ccc2c(c1)CNCC2N1CCC2CCCCC21. The molecule has 0 radical (unpaired) electrons. The molecule has 0 aromatic heterocycles. The van der Waals surface area contributed by atoms with E-state index in [1.54, 1.807) is 5.56 Å². The largest absolute Gasteiger partial charge is 0.311 e. The number of rotatable bonds is 1. The summed E-state index contributed by atoms with van der Waals surface area (Å²) in [4.78, 5) is 2.83. The van der Waals surface area contributed by atoms with Crippen molar-refractivity contribution in [3.63, 3.8) is 0 Å². The summed E-state index contributed by atoms with van der Waals surface area (Å²) in [6, 6.07) is 10.5. The summed E-state index contributed by atoms with van der Waals surface area (Å²) in [5, 5.41) is 3.62. The van der Waals surface area contributed by atoms with Gasteiger partial charge in [0.1, 0.15) is 0 Å². The fourth-order valence-electron chi connectivity index (χ4n) is 4.60. The van der Waals surface area contributed by atoms with Crippen molar-refractivity contribution < 1.29 is 0 Å². The summed E-state index contributed by atoms with van der Waals surface area (Å²) in [5.74, 6) is 0.989. The second-order valence-electron chi connectivity index (χ2n) is 6.48. The zero-order valence-electron chi connectivity index (χ0n) is 11.6. The molecule has 3 unspecified atom stereocenters. The third-order valence-corrected chi connectivity index (χ3v) is 5.52. The van der Waals surface area contributed by atoms with Gasteiger partial charge in [0.15, 0.2) is 0 Å². The molecule has 2 heteroatoms. The minimum atomic E-state index is 0.623. The van der Waals surface area contributed by atoms with Gasteiger partial charge in [0.2, 0.25) is 0 Å². The Labute approximate surface area is 116 Å². The van der Waals surface area contributed by atoms with Crippen LogP contribution in [0.3, 0.4) is 0 Å². The lowest BCUT2D eigenvalue weighted by Gasteiger charge is -2.40. The fraction of sp³-hybridized carbons (Fsp3) is 0.647. The van der Waals surface area contributed by atoms with Crippen molar-refractivity contribution in [2.45, 2.75) is 50.7 Å². The van der Waals surface area contributed by atoms with E-state index in [0.717, 1.165) is 25.0 Å². The third kappa shape index (κ3) is 2.02. The highest BCUT2D eigenvalue weighted by molar-refractivity contribution is 5.32. The van der Waals surface area contributed by atoms with Crippen LogP contribution in [0.15, 0.2) is 24.3 Å². The molecule has 102 valence electrons. The molecule has 2 heterocycles. The summed E-state index contributed by atoms with van der Waals surface area (Å²) in [5.41, 5.74) is 3.10. The van der Waals surface area contributed by atoms with E-state index in [1.165, 1.54) is 44.2 Å². The van der Waals surface area contributed by atoms with E-state index < -0.39 is 0 Å². The monoisotopic (exact) mass is 256 g/mol. The highest BCUT2D eigenvalue weighted by Crippen LogP contribution is 2.41. The van der Waals surface area contributed by atoms with Crippen molar-refractivity contribution in [2.75, 3.05) is 13.1 Å². The number of likely N-dealkylation sites (tertiary alicyclic amines) is 1. The van der Waals surface area contributed by atoms with Crippen molar-refractivity contribution in [2.24, 2.45) is 5.92 Å². The van der Waals surface area contributed by atoms with Gasteiger partial charge in [-0.25, -0.2) is 0 Å². The molecule has 19 heavy (non-hydrogen) atoms. The minimum absolute atomic E-state index is 0.623. The Hall–Kier alpha value is -0.860. The van der Waals surface area contributed by atoms with Crippen LogP contribution in [0.2, 0.25) is 0 Å². The fourth-order valence-corrected chi connectivity index (χ4v) is 4.60. The third-order valence-electron chi connectivity index (χ3n) is 5.52. The van der Waals surface area contributed by atoms with Gasteiger partial charge in [0.05, 0.1) is 0 Å². The van der Waals surface area contributed by atoms with Crippen LogP contribution in [-0.4, -0.2) is 24.0 Å². The number of hydrogen-bond acceptors (Lipinski definition) is 2. The molecule has 1 aromatic carbocycles. The molecule has 3 aliphatic rings. The van der Waals surface area contributed by atoms with Gasteiger partial charge in [0, 0.05) is 25.2 Å². The van der Waals surface area contributed by atoms with Gasteiger partial charge in [-0.2, -0.15) is 0 Å². The predicted octanol–water partition coefficient (Wildman–Crippen LogP) is 3.10. The standard InChI is InChI=1S/C17H24N2/c1-3-7-15-14(6-1)11-18-12-17(15)19-10-9-13-5-2-4-8-16(13)19/h1,3,6-7,13,16-18H,2,4-5,8-12H2. The second kappa shape index (κ2) is 4.92. The van der Waals surface area contributed by atoms with E-state index >= 15 is 0 Å². The highest BCUT2D eigenvalue weighted by Gasteiger charge is 2.40. The number of hydrogen-bond donors (Lipinski definition) is 1. The lowest BCUT2D eigenvalue weighted by molar-refractivity contribution is 0.125. The Balaban J connectivity index is 1.63. The normalized spacial score (nSPS) is 34.8. The summed E-state index contributed by atoms with van der Waals surface area (Å²) >= 11 is 0. The Kier molecular flexibility index (Phi) is 3.08. The van der Waals surface area contributed by atoms with Crippen LogP contribution in [0.1, 0.15) is 49.3 Å². The Bertz CT molecular complexity index is 456. The first-order valence-electron chi connectivity index (χ1n) is 7.98. The smallest absolute Gasteiger partial charge is 0.0479 e. The molecule has 4 rings (SSSR count). The second-order valence-corrected chi connectivity index (χ2v) is 6.48. The van der Waals surface area contributed by atoms with Crippen LogP contribution in [0.5, 0.6) is 0 Å². The maximum atomic E-state index is 3.62. The van der Waals surface area contributed by atoms with Gasteiger partial charge in [-0.15, -0.1) is 0 Å². The molecule has 0 spiro atoms. The van der Waals surface area contributed by atoms with Crippen LogP contribution in [0.4, 0.5) is 0 Å². The van der Waals surface area contributed by atoms with E-state index in [2.05, 4.69) is 34.5 Å². The topological polar surface area (TPSA) is 15.3 Å². The van der Waals surface area contributed by atoms with Crippen molar-refractivity contribution >= 4 is 0 Å². The zero-order valence-corrected chi connectivity index (χ0v) is 11.6. The maximum Gasteiger partial charge on any atom is 0.0479 e. The molecule has 0 bridgehead atoms. The van der Waals surface area contributed by atoms with Gasteiger partial charge in [-0.05, 0) is 42.9 Å². The molecule has 0 amide bonds. The number of nitrogens with zero attached hydrogens (tertiary/aromatic N) is 1. The number of benzene rings is 1. The molecule has 2 fully saturated rings. The van der Waals surface area contributed by atoms with Gasteiger partial charge in [-0.1, -0.05) is 37.1 Å². The summed E-state index contributed by atoms with van der Waals surface area (Å²) in [6.07, 6.45) is 7.25. The molecule has 1 saturated carbocycles. The Morgan fingerprint density at radius 3 is 2.95 bits per heavy atom. The van der Waals surface area contributed by atoms with Crippen LogP contribution >= 0.6 is 0 Å². The predicted molar refractivity (Wildman–Crippen MR) is 78.0 cm³/mol. The van der Waals surface area contributed by atoms with Gasteiger partial charge in [-0.3, -0.25) is 4.90 Å². The van der Waals surface area contributed by atoms with E-state index in [4.69, 9.17) is 0 Å². The van der Waals surface area contributed by atoms with E-state index in [1.807, 2.05) is 0 Å². The lowest BCUT2D eigenvalue weighted by atomic mass is 9.84. The summed E-state index contributed by atoms with van der Waals surface area (Å²) in [7, 11) is 0. The molecule has 3 atom stereocenters. The van der Waals surface area contributed by atoms with Crippen LogP contribution in [0, 0.1) is 5.92 Å². The van der Waals surface area contributed by atoms with Crippen molar-refractivity contribution in [3.8, 4) is 0 Å². The van der Waals surface area contributed by atoms with Crippen LogP contribution < -0.4 is 5.32 Å². The van der Waals surface area contributed by atoms with Gasteiger partial charge in [0.25, 0.3) is 0 Å². The van der Waals surface area contributed by atoms with Crippen LogP contribution in [0.25, 0.3) is 0 Å². The van der Waals surface area contributed by atoms with Gasteiger partial charge < -0.3 is 5.32 Å². The molecule has 1 aliphatic carbocycles. The Morgan fingerprint density at radius 1 is 1.05 bits per heavy atom. The molecule has 2 nitrogen and oxygen atoms in total. The summed E-state index contributed by atoms with van der Waals surface area (Å²) in [6.45, 7) is 3.50. The average Bonchev–Trinajstić information content (AvgIpc) is 2.90. The number of fused-ring (bicyclic) bond motifs is 2. The number of nitrogens with one attached hydrogen (secondary N) is 1.